The summed E-state index contributed by atoms with van der Waals surface area (Å²) in [5.74, 6) is 0.331. The Balaban J connectivity index is 1.92. The zero-order chi connectivity index (χ0) is 16.8. The number of ether oxygens (including phenoxy) is 1. The molecule has 0 aliphatic carbocycles. The fourth-order valence-electron chi connectivity index (χ4n) is 1.88. The third-order valence-corrected chi connectivity index (χ3v) is 3.79. The maximum atomic E-state index is 12.0. The van der Waals surface area contributed by atoms with Gasteiger partial charge >= 0.3 is 0 Å². The number of hydrazone groups is 1. The summed E-state index contributed by atoms with van der Waals surface area (Å²) in [6, 6.07) is 13.0. The van der Waals surface area contributed by atoms with Crippen molar-refractivity contribution < 1.29 is 9.53 Å². The molecule has 120 valence electrons. The van der Waals surface area contributed by atoms with Gasteiger partial charge in [-0.25, -0.2) is 5.43 Å². The average molecular weight is 331 g/mol. The molecule has 2 aromatic rings. The highest BCUT2D eigenvalue weighted by Crippen LogP contribution is 2.17. The molecule has 0 spiro atoms. The number of carbonyl (C=O) groups excluding carboxylic acids is 1. The van der Waals surface area contributed by atoms with Crippen LogP contribution in [0.1, 0.15) is 23.6 Å². The second kappa shape index (κ2) is 7.79. The molecule has 0 bridgehead atoms. The maximum Gasteiger partial charge on any atom is 0.280 e. The van der Waals surface area contributed by atoms with Gasteiger partial charge in [0.05, 0.1) is 6.21 Å². The molecule has 1 amide bonds. The number of rotatable bonds is 5. The summed E-state index contributed by atoms with van der Waals surface area (Å²) in [5, 5.41) is 4.48. The van der Waals surface area contributed by atoms with Crippen LogP contribution in [0.3, 0.4) is 0 Å². The van der Waals surface area contributed by atoms with E-state index in [0.29, 0.717) is 10.8 Å². The Hall–Kier alpha value is -2.33. The Morgan fingerprint density at radius 2 is 1.96 bits per heavy atom. The van der Waals surface area contributed by atoms with Crippen LogP contribution in [0.2, 0.25) is 5.02 Å². The molecule has 2 rings (SSSR count). The van der Waals surface area contributed by atoms with Crippen LogP contribution in [-0.2, 0) is 4.79 Å². The van der Waals surface area contributed by atoms with E-state index in [1.807, 2.05) is 50.2 Å². The lowest BCUT2D eigenvalue weighted by Crippen LogP contribution is -2.33. The van der Waals surface area contributed by atoms with Crippen molar-refractivity contribution in [2.45, 2.75) is 26.9 Å². The topological polar surface area (TPSA) is 50.7 Å². The van der Waals surface area contributed by atoms with Gasteiger partial charge in [0.1, 0.15) is 5.75 Å². The highest BCUT2D eigenvalue weighted by atomic mass is 35.5. The number of aryl methyl sites for hydroxylation is 2. The van der Waals surface area contributed by atoms with Crippen molar-refractivity contribution in [3.8, 4) is 5.75 Å². The molecule has 4 nitrogen and oxygen atoms in total. The third kappa shape index (κ3) is 4.83. The average Bonchev–Trinajstić information content (AvgIpc) is 2.52. The third-order valence-electron chi connectivity index (χ3n) is 3.44. The fraction of sp³-hybridized carbons (Fsp3) is 0.222. The monoisotopic (exact) mass is 330 g/mol. The van der Waals surface area contributed by atoms with Crippen molar-refractivity contribution in [3.05, 3.63) is 64.2 Å². The van der Waals surface area contributed by atoms with E-state index in [1.165, 1.54) is 11.8 Å². The predicted molar refractivity (Wildman–Crippen MR) is 93.2 cm³/mol. The summed E-state index contributed by atoms with van der Waals surface area (Å²) in [6.45, 7) is 5.70. The molecule has 1 unspecified atom stereocenters. The highest BCUT2D eigenvalue weighted by molar-refractivity contribution is 6.33. The number of nitrogens with zero attached hydrogens (tertiary/aromatic N) is 1. The van der Waals surface area contributed by atoms with Crippen LogP contribution in [0.25, 0.3) is 0 Å². The summed E-state index contributed by atoms with van der Waals surface area (Å²) in [7, 11) is 0. The van der Waals surface area contributed by atoms with Gasteiger partial charge in [-0.2, -0.15) is 5.10 Å². The molecule has 1 atom stereocenters. The minimum atomic E-state index is -0.652. The largest absolute Gasteiger partial charge is 0.481 e. The Morgan fingerprint density at radius 1 is 1.22 bits per heavy atom. The predicted octanol–water partition coefficient (Wildman–Crippen LogP) is 3.87. The van der Waals surface area contributed by atoms with Crippen molar-refractivity contribution in [2.24, 2.45) is 5.10 Å². The molecule has 0 heterocycles. The lowest BCUT2D eigenvalue weighted by Gasteiger charge is -2.14. The van der Waals surface area contributed by atoms with Crippen LogP contribution in [-0.4, -0.2) is 18.2 Å². The molecular weight excluding hydrogens is 312 g/mol. The molecule has 0 aliphatic rings. The molecule has 0 aromatic heterocycles. The fourth-order valence-corrected chi connectivity index (χ4v) is 2.07. The van der Waals surface area contributed by atoms with Crippen molar-refractivity contribution in [3.63, 3.8) is 0 Å². The minimum absolute atomic E-state index is 0.327. The second-order valence-corrected chi connectivity index (χ2v) is 5.67. The van der Waals surface area contributed by atoms with E-state index in [4.69, 9.17) is 16.3 Å². The first-order valence-corrected chi connectivity index (χ1v) is 7.66. The molecule has 0 saturated carbocycles. The number of halogens is 1. The van der Waals surface area contributed by atoms with Crippen LogP contribution < -0.4 is 10.2 Å². The zero-order valence-electron chi connectivity index (χ0n) is 13.3. The Labute approximate surface area is 141 Å². The van der Waals surface area contributed by atoms with E-state index in [-0.39, 0.29) is 5.91 Å². The van der Waals surface area contributed by atoms with Gasteiger partial charge in [-0.3, -0.25) is 4.79 Å². The minimum Gasteiger partial charge on any atom is -0.481 e. The molecule has 5 heteroatoms. The molecule has 0 radical (unpaired) electrons. The van der Waals surface area contributed by atoms with E-state index < -0.39 is 6.10 Å². The van der Waals surface area contributed by atoms with Gasteiger partial charge in [-0.05, 0) is 50.1 Å². The molecular formula is C18H19ClN2O2. The molecule has 0 aliphatic heterocycles. The van der Waals surface area contributed by atoms with Crippen molar-refractivity contribution in [1.82, 2.24) is 5.43 Å². The van der Waals surface area contributed by atoms with Crippen molar-refractivity contribution >= 4 is 23.7 Å². The summed E-state index contributed by atoms with van der Waals surface area (Å²) < 4.78 is 5.63. The summed E-state index contributed by atoms with van der Waals surface area (Å²) in [4.78, 5) is 12.0. The standard InChI is InChI=1S/C18H19ClN2O2/c1-12-8-9-16(10-13(12)2)23-14(3)18(22)21-20-11-15-6-4-5-7-17(15)19/h4-11,14H,1-3H3,(H,21,22)/b20-11+. The van der Waals surface area contributed by atoms with Gasteiger partial charge in [0.25, 0.3) is 5.91 Å². The van der Waals surface area contributed by atoms with Gasteiger partial charge in [0.15, 0.2) is 6.10 Å². The summed E-state index contributed by atoms with van der Waals surface area (Å²) in [5.41, 5.74) is 5.48. The summed E-state index contributed by atoms with van der Waals surface area (Å²) >= 11 is 6.01. The molecule has 0 fully saturated rings. The van der Waals surface area contributed by atoms with E-state index in [9.17, 15) is 4.79 Å². The number of amides is 1. The first-order valence-electron chi connectivity index (χ1n) is 7.28. The van der Waals surface area contributed by atoms with Crippen molar-refractivity contribution in [2.75, 3.05) is 0 Å². The van der Waals surface area contributed by atoms with Crippen LogP contribution in [0.4, 0.5) is 0 Å². The van der Waals surface area contributed by atoms with Gasteiger partial charge in [0.2, 0.25) is 0 Å². The van der Waals surface area contributed by atoms with Crippen molar-refractivity contribution in [1.29, 1.82) is 0 Å². The van der Waals surface area contributed by atoms with Crippen LogP contribution in [0, 0.1) is 13.8 Å². The normalized spacial score (nSPS) is 12.2. The molecule has 0 saturated heterocycles. The van der Waals surface area contributed by atoms with Crippen LogP contribution in [0.5, 0.6) is 5.75 Å². The second-order valence-electron chi connectivity index (χ2n) is 5.26. The zero-order valence-corrected chi connectivity index (χ0v) is 14.1. The number of carbonyl (C=O) groups is 1. The first-order chi connectivity index (χ1) is 11.0. The van der Waals surface area contributed by atoms with E-state index in [0.717, 1.165) is 11.1 Å². The SMILES string of the molecule is Cc1ccc(OC(C)C(=O)N/N=C/c2ccccc2Cl)cc1C. The van der Waals surface area contributed by atoms with E-state index >= 15 is 0 Å². The Kier molecular flexibility index (Phi) is 5.77. The van der Waals surface area contributed by atoms with Gasteiger partial charge < -0.3 is 4.74 Å². The van der Waals surface area contributed by atoms with E-state index in [2.05, 4.69) is 10.5 Å². The number of hydrogen-bond acceptors (Lipinski definition) is 3. The smallest absolute Gasteiger partial charge is 0.280 e. The van der Waals surface area contributed by atoms with Gasteiger partial charge in [-0.1, -0.05) is 35.9 Å². The van der Waals surface area contributed by atoms with Crippen LogP contribution in [0.15, 0.2) is 47.6 Å². The summed E-state index contributed by atoms with van der Waals surface area (Å²) in [6.07, 6.45) is 0.851. The highest BCUT2D eigenvalue weighted by Gasteiger charge is 2.14. The quantitative estimate of drug-likeness (QED) is 0.668. The van der Waals surface area contributed by atoms with Gasteiger partial charge in [-0.15, -0.1) is 0 Å². The molecule has 1 N–H and O–H groups in total. The van der Waals surface area contributed by atoms with E-state index in [1.54, 1.807) is 13.0 Å². The lowest BCUT2D eigenvalue weighted by molar-refractivity contribution is -0.127. The molecule has 23 heavy (non-hydrogen) atoms. The number of benzene rings is 2. The number of nitrogens with one attached hydrogen (secondary N) is 1. The maximum absolute atomic E-state index is 12.0. The lowest BCUT2D eigenvalue weighted by atomic mass is 10.1. The van der Waals surface area contributed by atoms with Gasteiger partial charge in [0, 0.05) is 10.6 Å². The Bertz CT molecular complexity index is 729. The first kappa shape index (κ1) is 17.0. The number of hydrogen-bond donors (Lipinski definition) is 1. The molecule has 2 aromatic carbocycles. The Morgan fingerprint density at radius 3 is 2.65 bits per heavy atom. The van der Waals surface area contributed by atoms with Crippen LogP contribution >= 0.6 is 11.6 Å².